The smallest absolute Gasteiger partial charge is 0.123 e. The van der Waals surface area contributed by atoms with Gasteiger partial charge in [-0.05, 0) is 28.6 Å². The largest absolute Gasteiger partial charge is 0.380 e. The molecule has 0 radical (unpaired) electrons. The lowest BCUT2D eigenvalue weighted by Gasteiger charge is -2.35. The summed E-state index contributed by atoms with van der Waals surface area (Å²) < 4.78 is 0. The van der Waals surface area contributed by atoms with E-state index in [0.29, 0.717) is 17.5 Å². The summed E-state index contributed by atoms with van der Waals surface area (Å²) in [6.45, 7) is 0. The van der Waals surface area contributed by atoms with Gasteiger partial charge in [0.2, 0.25) is 0 Å². The third-order valence-electron chi connectivity index (χ3n) is 4.37. The van der Waals surface area contributed by atoms with E-state index in [9.17, 15) is 5.11 Å². The molecule has 0 fully saturated rings. The van der Waals surface area contributed by atoms with Gasteiger partial charge in [-0.1, -0.05) is 96.1 Å². The fraction of sp³-hybridized carbons (Fsp3) is 0.143. The zero-order valence-corrected chi connectivity index (χ0v) is 13.7. The Morgan fingerprint density at radius 2 is 1.24 bits per heavy atom. The maximum absolute atomic E-state index is 11.7. The van der Waals surface area contributed by atoms with Crippen molar-refractivity contribution in [3.8, 4) is 0 Å². The summed E-state index contributed by atoms with van der Waals surface area (Å²) >= 11 is 0. The van der Waals surface area contributed by atoms with Crippen molar-refractivity contribution in [1.29, 1.82) is 0 Å². The summed E-state index contributed by atoms with van der Waals surface area (Å²) in [5.74, 6) is 0. The zero-order chi connectivity index (χ0) is 17.5. The summed E-state index contributed by atoms with van der Waals surface area (Å²) in [5, 5.41) is 15.7. The standard InChI is InChI=1S/C21H19N3O/c22-24-23-20(16-17-10-4-1-5-11-17)21(25,18-12-6-2-7-13-18)19-14-8-3-9-15-19/h1-15,20,25H,16H2/t20-/m0/s1. The number of aliphatic hydroxyl groups is 1. The molecule has 3 aromatic carbocycles. The van der Waals surface area contributed by atoms with E-state index in [4.69, 9.17) is 5.53 Å². The maximum atomic E-state index is 11.7. The second-order valence-corrected chi connectivity index (χ2v) is 5.91. The van der Waals surface area contributed by atoms with Crippen LogP contribution in [0.25, 0.3) is 10.4 Å². The number of azide groups is 1. The quantitative estimate of drug-likeness (QED) is 0.392. The number of benzene rings is 3. The van der Waals surface area contributed by atoms with Crippen molar-refractivity contribution >= 4 is 0 Å². The second-order valence-electron chi connectivity index (χ2n) is 5.91. The van der Waals surface area contributed by atoms with Crippen molar-refractivity contribution in [3.63, 3.8) is 0 Å². The van der Waals surface area contributed by atoms with Crippen molar-refractivity contribution in [1.82, 2.24) is 0 Å². The molecule has 0 aliphatic carbocycles. The highest BCUT2D eigenvalue weighted by Gasteiger charge is 2.39. The average molecular weight is 329 g/mol. The van der Waals surface area contributed by atoms with Crippen LogP contribution in [-0.2, 0) is 12.0 Å². The van der Waals surface area contributed by atoms with Crippen LogP contribution < -0.4 is 0 Å². The maximum Gasteiger partial charge on any atom is 0.123 e. The SMILES string of the molecule is [N-]=[N+]=N[C@@H](Cc1ccccc1)C(O)(c1ccccc1)c1ccccc1. The molecule has 0 saturated carbocycles. The fourth-order valence-electron chi connectivity index (χ4n) is 3.11. The lowest BCUT2D eigenvalue weighted by atomic mass is 9.78. The molecule has 0 aliphatic heterocycles. The third kappa shape index (κ3) is 3.56. The molecular weight excluding hydrogens is 310 g/mol. The summed E-state index contributed by atoms with van der Waals surface area (Å²) in [7, 11) is 0. The molecule has 4 nitrogen and oxygen atoms in total. The molecule has 3 aromatic rings. The highest BCUT2D eigenvalue weighted by molar-refractivity contribution is 5.39. The van der Waals surface area contributed by atoms with Crippen LogP contribution in [0.15, 0.2) is 96.1 Å². The van der Waals surface area contributed by atoms with E-state index in [1.54, 1.807) is 0 Å². The molecule has 0 aliphatic rings. The van der Waals surface area contributed by atoms with Gasteiger partial charge in [-0.25, -0.2) is 0 Å². The molecule has 4 heteroatoms. The fourth-order valence-corrected chi connectivity index (χ4v) is 3.11. The summed E-state index contributed by atoms with van der Waals surface area (Å²) in [4.78, 5) is 3.01. The first-order valence-electron chi connectivity index (χ1n) is 8.16. The van der Waals surface area contributed by atoms with Gasteiger partial charge < -0.3 is 5.11 Å². The van der Waals surface area contributed by atoms with Crippen LogP contribution in [0, 0.1) is 0 Å². The minimum Gasteiger partial charge on any atom is -0.380 e. The molecule has 0 amide bonds. The van der Waals surface area contributed by atoms with Crippen molar-refractivity contribution in [2.75, 3.05) is 0 Å². The molecule has 1 N–H and O–H groups in total. The van der Waals surface area contributed by atoms with Crippen molar-refractivity contribution in [2.45, 2.75) is 18.1 Å². The monoisotopic (exact) mass is 329 g/mol. The van der Waals surface area contributed by atoms with Crippen molar-refractivity contribution in [2.24, 2.45) is 5.11 Å². The molecular formula is C21H19N3O. The predicted molar refractivity (Wildman–Crippen MR) is 99.0 cm³/mol. The average Bonchev–Trinajstić information content (AvgIpc) is 2.69. The highest BCUT2D eigenvalue weighted by atomic mass is 16.3. The second kappa shape index (κ2) is 7.67. The third-order valence-corrected chi connectivity index (χ3v) is 4.37. The lowest BCUT2D eigenvalue weighted by molar-refractivity contribution is 0.0518. The van der Waals surface area contributed by atoms with Gasteiger partial charge in [0.25, 0.3) is 0 Å². The van der Waals surface area contributed by atoms with Crippen LogP contribution in [0.5, 0.6) is 0 Å². The van der Waals surface area contributed by atoms with E-state index in [0.717, 1.165) is 5.56 Å². The molecule has 0 heterocycles. The first-order chi connectivity index (χ1) is 12.2. The van der Waals surface area contributed by atoms with Crippen molar-refractivity contribution in [3.05, 3.63) is 118 Å². The summed E-state index contributed by atoms with van der Waals surface area (Å²) in [5.41, 5.74) is 10.1. The summed E-state index contributed by atoms with van der Waals surface area (Å²) in [6, 6.07) is 27.8. The van der Waals surface area contributed by atoms with Crippen LogP contribution in [0.2, 0.25) is 0 Å². The van der Waals surface area contributed by atoms with E-state index < -0.39 is 11.6 Å². The predicted octanol–water partition coefficient (Wildman–Crippen LogP) is 4.84. The Labute approximate surface area is 147 Å². The molecule has 0 bridgehead atoms. The Morgan fingerprint density at radius 1 is 0.800 bits per heavy atom. The molecule has 124 valence electrons. The Hall–Kier alpha value is -3.07. The molecule has 1 atom stereocenters. The van der Waals surface area contributed by atoms with E-state index in [1.165, 1.54) is 0 Å². The van der Waals surface area contributed by atoms with Gasteiger partial charge in [-0.3, -0.25) is 0 Å². The molecule has 0 unspecified atom stereocenters. The molecule has 3 rings (SSSR count). The molecule has 0 aromatic heterocycles. The number of hydrogen-bond donors (Lipinski definition) is 1. The van der Waals surface area contributed by atoms with Gasteiger partial charge in [-0.2, -0.15) is 0 Å². The highest BCUT2D eigenvalue weighted by Crippen LogP contribution is 2.36. The van der Waals surface area contributed by atoms with Crippen LogP contribution in [-0.4, -0.2) is 11.1 Å². The molecule has 0 spiro atoms. The normalized spacial score (nSPS) is 12.2. The number of nitrogens with zero attached hydrogens (tertiary/aromatic N) is 3. The number of rotatable bonds is 6. The molecule has 0 saturated heterocycles. The van der Waals surface area contributed by atoms with E-state index >= 15 is 0 Å². The van der Waals surface area contributed by atoms with Gasteiger partial charge in [0.15, 0.2) is 0 Å². The number of hydrogen-bond acceptors (Lipinski definition) is 2. The Bertz CT molecular complexity index is 805. The van der Waals surface area contributed by atoms with Crippen LogP contribution in [0.1, 0.15) is 16.7 Å². The molecule has 25 heavy (non-hydrogen) atoms. The van der Waals surface area contributed by atoms with Crippen molar-refractivity contribution < 1.29 is 5.11 Å². The minimum absolute atomic E-state index is 0.436. The Morgan fingerprint density at radius 3 is 1.68 bits per heavy atom. The van der Waals surface area contributed by atoms with E-state index in [-0.39, 0.29) is 0 Å². The Balaban J connectivity index is 2.13. The van der Waals surface area contributed by atoms with E-state index in [2.05, 4.69) is 10.0 Å². The first kappa shape index (κ1) is 16.8. The van der Waals surface area contributed by atoms with Gasteiger partial charge in [0.05, 0.1) is 6.04 Å². The minimum atomic E-state index is -1.41. The first-order valence-corrected chi connectivity index (χ1v) is 8.16. The van der Waals surface area contributed by atoms with Crippen LogP contribution in [0.4, 0.5) is 0 Å². The van der Waals surface area contributed by atoms with Gasteiger partial charge in [0, 0.05) is 4.91 Å². The van der Waals surface area contributed by atoms with Crippen LogP contribution in [0.3, 0.4) is 0 Å². The summed E-state index contributed by atoms with van der Waals surface area (Å²) in [6.07, 6.45) is 0.436. The zero-order valence-electron chi connectivity index (χ0n) is 13.7. The van der Waals surface area contributed by atoms with Gasteiger partial charge >= 0.3 is 0 Å². The Kier molecular flexibility index (Phi) is 5.14. The lowest BCUT2D eigenvalue weighted by Crippen LogP contribution is -2.40. The topological polar surface area (TPSA) is 69.0 Å². The van der Waals surface area contributed by atoms with Gasteiger partial charge in [-0.15, -0.1) is 0 Å². The van der Waals surface area contributed by atoms with E-state index in [1.807, 2.05) is 91.0 Å². The van der Waals surface area contributed by atoms with Crippen LogP contribution >= 0.6 is 0 Å². The van der Waals surface area contributed by atoms with Gasteiger partial charge in [0.1, 0.15) is 5.60 Å².